The largest absolute Gasteiger partial charge is 0.238 e. The molecule has 0 atom stereocenters. The van der Waals surface area contributed by atoms with E-state index in [1.54, 1.807) is 74.5 Å². The van der Waals surface area contributed by atoms with E-state index < -0.39 is 23.3 Å². The lowest BCUT2D eigenvalue weighted by Gasteiger charge is -2.14. The summed E-state index contributed by atoms with van der Waals surface area (Å²) in [6.45, 7) is 10.5. The molecule has 0 aliphatic heterocycles. The fourth-order valence-electron chi connectivity index (χ4n) is 4.29. The zero-order chi connectivity index (χ0) is 27.1. The van der Waals surface area contributed by atoms with Gasteiger partial charge in [-0.1, -0.05) is 36.4 Å². The molecule has 2 heterocycles. The first-order valence-electron chi connectivity index (χ1n) is 11.3. The van der Waals surface area contributed by atoms with Crippen LogP contribution >= 0.6 is 22.7 Å². The maximum Gasteiger partial charge on any atom is 0.198 e. The van der Waals surface area contributed by atoms with E-state index in [4.69, 9.17) is 11.8 Å². The van der Waals surface area contributed by atoms with Gasteiger partial charge in [0.1, 0.15) is 0 Å². The highest BCUT2D eigenvalue weighted by molar-refractivity contribution is 7.16. The van der Waals surface area contributed by atoms with Gasteiger partial charge in [0.2, 0.25) is 0 Å². The summed E-state index contributed by atoms with van der Waals surface area (Å²) in [5.74, 6) is -6.65. The Bertz CT molecular complexity index is 1650. The van der Waals surface area contributed by atoms with Gasteiger partial charge in [-0.3, -0.25) is 0 Å². The standard InChI is InChI=1S/C30H16F4N2S2/c1-15-21(12-23(37-15)18-6-4-17(14-35)5-7-18)25-26(28(32)30(34)29(33)27(25)31)22-13-24(38-16(22)2)19-8-10-20(36-3)11-9-19/h4-13H,1-2H3. The molecule has 0 N–H and O–H groups in total. The summed E-state index contributed by atoms with van der Waals surface area (Å²) < 4.78 is 60.1. The molecular weight excluding hydrogens is 528 g/mol. The highest BCUT2D eigenvalue weighted by Crippen LogP contribution is 2.47. The molecule has 0 amide bonds. The Balaban J connectivity index is 1.71. The Morgan fingerprint density at radius 2 is 1.11 bits per heavy atom. The summed E-state index contributed by atoms with van der Waals surface area (Å²) in [5, 5.41) is 9.06. The molecule has 5 aromatic rings. The number of nitrogens with zero attached hydrogens (tertiary/aromatic N) is 2. The Morgan fingerprint density at radius 1 is 0.684 bits per heavy atom. The number of thiophene rings is 2. The minimum atomic E-state index is -1.87. The lowest BCUT2D eigenvalue weighted by molar-refractivity contribution is 0.412. The summed E-state index contributed by atoms with van der Waals surface area (Å²) >= 11 is 2.61. The third-order valence-corrected chi connectivity index (χ3v) is 8.42. The molecule has 0 saturated heterocycles. The molecule has 8 heteroatoms. The molecule has 0 aliphatic rings. The number of hydrogen-bond donors (Lipinski definition) is 0. The van der Waals surface area contributed by atoms with E-state index >= 15 is 8.78 Å². The second-order valence-electron chi connectivity index (χ2n) is 8.51. The van der Waals surface area contributed by atoms with Crippen molar-refractivity contribution in [3.05, 3.63) is 111 Å². The lowest BCUT2D eigenvalue weighted by Crippen LogP contribution is -2.03. The molecule has 0 bridgehead atoms. The van der Waals surface area contributed by atoms with Crippen molar-refractivity contribution in [1.82, 2.24) is 0 Å². The Hall–Kier alpha value is -4.24. The van der Waals surface area contributed by atoms with Crippen LogP contribution in [0.3, 0.4) is 0 Å². The Kier molecular flexibility index (Phi) is 6.62. The van der Waals surface area contributed by atoms with Gasteiger partial charge in [-0.2, -0.15) is 5.26 Å². The van der Waals surface area contributed by atoms with Crippen molar-refractivity contribution in [3.63, 3.8) is 0 Å². The maximum atomic E-state index is 15.5. The summed E-state index contributed by atoms with van der Waals surface area (Å²) in [6, 6.07) is 18.9. The minimum absolute atomic E-state index is 0.258. The van der Waals surface area contributed by atoms with Gasteiger partial charge in [0.15, 0.2) is 29.0 Å². The fourth-order valence-corrected chi connectivity index (χ4v) is 6.35. The predicted molar refractivity (Wildman–Crippen MR) is 144 cm³/mol. The van der Waals surface area contributed by atoms with Crippen LogP contribution in [0, 0.1) is 55.0 Å². The molecule has 38 heavy (non-hydrogen) atoms. The Labute approximate surface area is 224 Å². The highest BCUT2D eigenvalue weighted by Gasteiger charge is 2.30. The first kappa shape index (κ1) is 25.4. The van der Waals surface area contributed by atoms with Gasteiger partial charge in [-0.25, -0.2) is 22.4 Å². The van der Waals surface area contributed by atoms with Crippen molar-refractivity contribution < 1.29 is 17.6 Å². The van der Waals surface area contributed by atoms with E-state index in [-0.39, 0.29) is 22.3 Å². The van der Waals surface area contributed by atoms with Crippen LogP contribution in [0.25, 0.3) is 48.0 Å². The smallest absolute Gasteiger partial charge is 0.198 e. The molecule has 2 nitrogen and oxygen atoms in total. The molecule has 5 rings (SSSR count). The second-order valence-corrected chi connectivity index (χ2v) is 11.0. The van der Waals surface area contributed by atoms with Crippen molar-refractivity contribution in [2.45, 2.75) is 13.8 Å². The highest BCUT2D eigenvalue weighted by atomic mass is 32.1. The molecule has 0 fully saturated rings. The average molecular weight is 545 g/mol. The summed E-state index contributed by atoms with van der Waals surface area (Å²) in [5.41, 5.74) is 2.29. The monoisotopic (exact) mass is 544 g/mol. The molecule has 2 aromatic heterocycles. The molecular formula is C30H16F4N2S2. The number of benzene rings is 3. The average Bonchev–Trinajstić information content (AvgIpc) is 3.51. The van der Waals surface area contributed by atoms with Crippen LogP contribution < -0.4 is 0 Å². The van der Waals surface area contributed by atoms with Crippen LogP contribution in [0.15, 0.2) is 60.7 Å². The minimum Gasteiger partial charge on any atom is -0.238 e. The first-order chi connectivity index (χ1) is 18.2. The number of aryl methyl sites for hydroxylation is 2. The lowest BCUT2D eigenvalue weighted by atomic mass is 9.92. The van der Waals surface area contributed by atoms with Crippen LogP contribution in [0.5, 0.6) is 0 Å². The number of rotatable bonds is 4. The van der Waals surface area contributed by atoms with Crippen molar-refractivity contribution in [3.8, 4) is 49.2 Å². The van der Waals surface area contributed by atoms with Gasteiger partial charge in [0.05, 0.1) is 18.2 Å². The van der Waals surface area contributed by atoms with E-state index in [9.17, 15) is 8.78 Å². The van der Waals surface area contributed by atoms with E-state index in [1.807, 2.05) is 6.07 Å². The molecule has 0 aliphatic carbocycles. The quantitative estimate of drug-likeness (QED) is 0.0958. The van der Waals surface area contributed by atoms with Crippen LogP contribution in [-0.2, 0) is 0 Å². The van der Waals surface area contributed by atoms with Gasteiger partial charge in [-0.15, -0.1) is 22.7 Å². The second kappa shape index (κ2) is 9.90. The predicted octanol–water partition coefficient (Wildman–Crippen LogP) is 10.1. The SMILES string of the molecule is [C-]#[N+]c1ccc(-c2cc(-c3c(F)c(F)c(F)c(F)c3-c3cc(-c4ccc(C#N)cc4)sc3C)c(C)s2)cc1. The van der Waals surface area contributed by atoms with Crippen LogP contribution in [0.1, 0.15) is 15.3 Å². The van der Waals surface area contributed by atoms with Gasteiger partial charge < -0.3 is 0 Å². The summed E-state index contributed by atoms with van der Waals surface area (Å²) in [7, 11) is 0. The van der Waals surface area contributed by atoms with Gasteiger partial charge in [0, 0.05) is 30.6 Å². The van der Waals surface area contributed by atoms with E-state index in [0.29, 0.717) is 30.8 Å². The zero-order valence-corrected chi connectivity index (χ0v) is 21.6. The van der Waals surface area contributed by atoms with Crippen LogP contribution in [0.2, 0.25) is 0 Å². The number of halogens is 4. The van der Waals surface area contributed by atoms with Gasteiger partial charge >= 0.3 is 0 Å². The number of nitriles is 1. The van der Waals surface area contributed by atoms with Crippen molar-refractivity contribution >= 4 is 28.4 Å². The van der Waals surface area contributed by atoms with E-state index in [0.717, 1.165) is 11.1 Å². The van der Waals surface area contributed by atoms with Gasteiger partial charge in [-0.05, 0) is 60.4 Å². The normalized spacial score (nSPS) is 10.8. The van der Waals surface area contributed by atoms with E-state index in [1.165, 1.54) is 22.7 Å². The van der Waals surface area contributed by atoms with Gasteiger partial charge in [0.25, 0.3) is 0 Å². The summed E-state index contributed by atoms with van der Waals surface area (Å²) in [6.07, 6.45) is 0. The van der Waals surface area contributed by atoms with E-state index in [2.05, 4.69) is 4.85 Å². The molecule has 186 valence electrons. The third-order valence-electron chi connectivity index (χ3n) is 6.22. The first-order valence-corrected chi connectivity index (χ1v) is 12.9. The molecule has 3 aromatic carbocycles. The number of hydrogen-bond acceptors (Lipinski definition) is 3. The van der Waals surface area contributed by atoms with Crippen molar-refractivity contribution in [2.75, 3.05) is 0 Å². The van der Waals surface area contributed by atoms with Crippen LogP contribution in [0.4, 0.5) is 23.2 Å². The third kappa shape index (κ3) is 4.28. The van der Waals surface area contributed by atoms with Crippen molar-refractivity contribution in [2.24, 2.45) is 0 Å². The molecule has 0 radical (unpaired) electrons. The van der Waals surface area contributed by atoms with Crippen molar-refractivity contribution in [1.29, 1.82) is 5.26 Å². The summed E-state index contributed by atoms with van der Waals surface area (Å²) in [4.78, 5) is 5.99. The zero-order valence-electron chi connectivity index (χ0n) is 20.0. The topological polar surface area (TPSA) is 28.1 Å². The Morgan fingerprint density at radius 3 is 1.50 bits per heavy atom. The molecule has 0 spiro atoms. The maximum absolute atomic E-state index is 15.5. The molecule has 0 unspecified atom stereocenters. The molecule has 0 saturated carbocycles. The fraction of sp³-hybridized carbons (Fsp3) is 0.0667. The van der Waals surface area contributed by atoms with Crippen LogP contribution in [-0.4, -0.2) is 0 Å².